The summed E-state index contributed by atoms with van der Waals surface area (Å²) < 4.78 is 19.6. The van der Waals surface area contributed by atoms with Crippen molar-refractivity contribution in [2.45, 2.75) is 49.8 Å². The van der Waals surface area contributed by atoms with Crippen molar-refractivity contribution in [2.24, 2.45) is 5.73 Å². The molecule has 3 atom stereocenters. The van der Waals surface area contributed by atoms with Gasteiger partial charge in [-0.15, -0.1) is 11.8 Å². The number of hydrogen-bond donors (Lipinski definition) is 2. The van der Waals surface area contributed by atoms with Crippen LogP contribution in [0.3, 0.4) is 0 Å². The fourth-order valence-electron chi connectivity index (χ4n) is 3.36. The van der Waals surface area contributed by atoms with Crippen LogP contribution >= 0.6 is 11.8 Å². The van der Waals surface area contributed by atoms with Crippen LogP contribution < -0.4 is 10.5 Å². The van der Waals surface area contributed by atoms with E-state index in [4.69, 9.17) is 10.5 Å². The van der Waals surface area contributed by atoms with Crippen molar-refractivity contribution in [3.8, 4) is 11.5 Å². The second-order valence-electron chi connectivity index (χ2n) is 8.03. The molecule has 3 N–H and O–H groups in total. The maximum atomic E-state index is 14.7. The minimum Gasteiger partial charge on any atom is -0.598 e. The van der Waals surface area contributed by atoms with Crippen LogP contribution in [0.5, 0.6) is 11.5 Å². The van der Waals surface area contributed by atoms with E-state index in [2.05, 4.69) is 6.92 Å². The highest BCUT2D eigenvalue weighted by atomic mass is 32.2. The van der Waals surface area contributed by atoms with Crippen molar-refractivity contribution < 1.29 is 19.1 Å². The van der Waals surface area contributed by atoms with E-state index >= 15 is 0 Å². The van der Waals surface area contributed by atoms with Gasteiger partial charge >= 0.3 is 0 Å². The molecule has 5 nitrogen and oxygen atoms in total. The number of aryl methyl sites for hydroxylation is 1. The molecule has 1 heterocycles. The van der Waals surface area contributed by atoms with Gasteiger partial charge in [0.05, 0.1) is 4.75 Å². The molecular formula is C21H27FN2O3S. The number of nitrogens with zero attached hydrogens (tertiary/aromatic N) is 1. The zero-order valence-electron chi connectivity index (χ0n) is 16.6. The minimum absolute atomic E-state index is 0.218. The van der Waals surface area contributed by atoms with Gasteiger partial charge in [0.2, 0.25) is 0 Å². The molecule has 0 spiro atoms. The Bertz CT molecular complexity index is 874. The van der Waals surface area contributed by atoms with Crippen molar-refractivity contribution in [3.63, 3.8) is 0 Å². The van der Waals surface area contributed by atoms with Gasteiger partial charge in [0.15, 0.2) is 0 Å². The van der Waals surface area contributed by atoms with Gasteiger partial charge in [-0.05, 0) is 63.1 Å². The Kier molecular flexibility index (Phi) is 5.51. The van der Waals surface area contributed by atoms with Crippen LogP contribution in [0.15, 0.2) is 42.5 Å². The summed E-state index contributed by atoms with van der Waals surface area (Å²) in [6, 6.07) is 12.2. The first kappa shape index (κ1) is 21.1. The molecule has 1 aliphatic rings. The first-order valence-corrected chi connectivity index (χ1v) is 10.2. The maximum absolute atomic E-state index is 14.7. The molecule has 28 heavy (non-hydrogen) atoms. The van der Waals surface area contributed by atoms with Crippen LogP contribution in [-0.2, 0) is 11.2 Å². The molecule has 0 radical (unpaired) electrons. The van der Waals surface area contributed by atoms with Gasteiger partial charge < -0.3 is 15.7 Å². The quantitative estimate of drug-likeness (QED) is 0.557. The molecule has 1 saturated heterocycles. The van der Waals surface area contributed by atoms with Gasteiger partial charge in [-0.1, -0.05) is 19.1 Å². The summed E-state index contributed by atoms with van der Waals surface area (Å²) in [5.74, 6) is 0.663. The topological polar surface area (TPSA) is 78.5 Å². The Labute approximate surface area is 169 Å². The highest BCUT2D eigenvalue weighted by molar-refractivity contribution is 8.00. The van der Waals surface area contributed by atoms with E-state index in [1.807, 2.05) is 24.3 Å². The molecule has 2 aromatic carbocycles. The summed E-state index contributed by atoms with van der Waals surface area (Å²) in [7, 11) is 0. The average Bonchev–Trinajstić information content (AvgIpc) is 2.61. The van der Waals surface area contributed by atoms with Crippen molar-refractivity contribution in [1.82, 2.24) is 0 Å². The first-order valence-electron chi connectivity index (χ1n) is 9.31. The summed E-state index contributed by atoms with van der Waals surface area (Å²) in [5.41, 5.74) is 6.50. The Morgan fingerprint density at radius 2 is 1.93 bits per heavy atom. The number of halogens is 1. The first-order chi connectivity index (χ1) is 13.0. The molecule has 0 aromatic heterocycles. The molecule has 152 valence electrons. The van der Waals surface area contributed by atoms with Crippen molar-refractivity contribution in [2.75, 3.05) is 6.54 Å². The van der Waals surface area contributed by atoms with E-state index in [9.17, 15) is 14.8 Å². The molecule has 0 saturated carbocycles. The fourth-order valence-corrected chi connectivity index (χ4v) is 4.91. The lowest BCUT2D eigenvalue weighted by atomic mass is 9.95. The molecule has 1 fully saturated rings. The summed E-state index contributed by atoms with van der Waals surface area (Å²) in [6.45, 7) is 6.81. The summed E-state index contributed by atoms with van der Waals surface area (Å²) in [5, 5.41) is 22.6. The van der Waals surface area contributed by atoms with Crippen LogP contribution in [0.1, 0.15) is 38.8 Å². The third-order valence-corrected chi connectivity index (χ3v) is 7.25. The molecule has 0 aliphatic carbocycles. The van der Waals surface area contributed by atoms with Gasteiger partial charge in [0.1, 0.15) is 34.8 Å². The molecule has 0 bridgehead atoms. The Hall–Kier alpha value is -1.64. The van der Waals surface area contributed by atoms with Gasteiger partial charge in [-0.2, -0.15) is 0 Å². The summed E-state index contributed by atoms with van der Waals surface area (Å²) in [4.78, 5) is -1.53. The van der Waals surface area contributed by atoms with Crippen LogP contribution in [0.2, 0.25) is 0 Å². The minimum atomic E-state index is -1.53. The zero-order chi connectivity index (χ0) is 20.7. The van der Waals surface area contributed by atoms with Gasteiger partial charge in [0, 0.05) is 5.56 Å². The van der Waals surface area contributed by atoms with E-state index < -0.39 is 26.3 Å². The van der Waals surface area contributed by atoms with Crippen molar-refractivity contribution >= 4 is 11.8 Å². The highest BCUT2D eigenvalue weighted by Gasteiger charge is 2.55. The largest absolute Gasteiger partial charge is 0.598 e. The highest BCUT2D eigenvalue weighted by Crippen LogP contribution is 2.50. The predicted molar refractivity (Wildman–Crippen MR) is 110 cm³/mol. The van der Waals surface area contributed by atoms with E-state index in [1.54, 1.807) is 32.9 Å². The SMILES string of the molecule is CCc1cccc(Oc2ccc(F)c([C@]3(C)C[N+]([O-])(O)C(C)(C)C(N)S3)c2)c1. The number of thioether (sulfide) groups is 1. The molecule has 1 aliphatic heterocycles. The van der Waals surface area contributed by atoms with Gasteiger partial charge in [-0.3, -0.25) is 0 Å². The van der Waals surface area contributed by atoms with Crippen molar-refractivity contribution in [3.05, 3.63) is 64.6 Å². The average molecular weight is 407 g/mol. The predicted octanol–water partition coefficient (Wildman–Crippen LogP) is 4.91. The lowest BCUT2D eigenvalue weighted by molar-refractivity contribution is -1.10. The van der Waals surface area contributed by atoms with Gasteiger partial charge in [0.25, 0.3) is 0 Å². The summed E-state index contributed by atoms with van der Waals surface area (Å²) in [6.07, 6.45) is 0.883. The van der Waals surface area contributed by atoms with E-state index in [1.165, 1.54) is 17.8 Å². The number of rotatable bonds is 4. The van der Waals surface area contributed by atoms with E-state index in [0.717, 1.165) is 12.0 Å². The van der Waals surface area contributed by atoms with E-state index in [-0.39, 0.29) is 6.54 Å². The number of ether oxygens (including phenoxy) is 1. The summed E-state index contributed by atoms with van der Waals surface area (Å²) >= 11 is 1.29. The van der Waals surface area contributed by atoms with Gasteiger partial charge in [-0.25, -0.2) is 14.4 Å². The molecule has 2 aromatic rings. The Balaban J connectivity index is 1.95. The fraction of sp³-hybridized carbons (Fsp3) is 0.429. The molecule has 7 heteroatoms. The van der Waals surface area contributed by atoms with Crippen LogP contribution in [0.25, 0.3) is 0 Å². The number of benzene rings is 2. The number of quaternary nitrogens is 1. The third-order valence-electron chi connectivity index (χ3n) is 5.55. The Morgan fingerprint density at radius 1 is 1.25 bits per heavy atom. The lowest BCUT2D eigenvalue weighted by Gasteiger charge is -2.57. The van der Waals surface area contributed by atoms with Crippen molar-refractivity contribution in [1.29, 1.82) is 0 Å². The van der Waals surface area contributed by atoms with Crippen LogP contribution in [0, 0.1) is 11.0 Å². The second-order valence-corrected chi connectivity index (χ2v) is 9.67. The molecule has 0 amide bonds. The lowest BCUT2D eigenvalue weighted by Crippen LogP contribution is -2.69. The van der Waals surface area contributed by atoms with Crippen LogP contribution in [-0.4, -0.2) is 27.5 Å². The number of hydroxylamine groups is 4. The number of nitrogens with two attached hydrogens (primary N) is 1. The maximum Gasteiger partial charge on any atom is 0.147 e. The van der Waals surface area contributed by atoms with Crippen LogP contribution in [0.4, 0.5) is 4.39 Å². The Morgan fingerprint density at radius 3 is 2.57 bits per heavy atom. The number of hydrogen-bond acceptors (Lipinski definition) is 5. The third kappa shape index (κ3) is 3.77. The monoisotopic (exact) mass is 406 g/mol. The molecule has 2 unspecified atom stereocenters. The second kappa shape index (κ2) is 7.31. The zero-order valence-corrected chi connectivity index (χ0v) is 17.4. The molecule has 3 rings (SSSR count). The normalized spacial score (nSPS) is 29.5. The smallest absolute Gasteiger partial charge is 0.147 e. The van der Waals surface area contributed by atoms with E-state index in [0.29, 0.717) is 17.1 Å². The standard InChI is InChI=1S/C21H27FN2O3S/c1-5-14-7-6-8-15(11-14)27-16-9-10-18(22)17(12-16)21(4)13-24(25,26)20(2,3)19(23)28-21/h6-12,19,25H,5,13,23H2,1-4H3/t19?,21-/m0/s1. The molecular weight excluding hydrogens is 379 g/mol.